The van der Waals surface area contributed by atoms with Crippen LogP contribution >= 0.6 is 0 Å². The zero-order valence-electron chi connectivity index (χ0n) is 9.10. The topological polar surface area (TPSA) is 55.5 Å². The summed E-state index contributed by atoms with van der Waals surface area (Å²) >= 11 is 0. The van der Waals surface area contributed by atoms with E-state index in [1.54, 1.807) is 7.11 Å². The monoisotopic (exact) mass is 209 g/mol. The molecule has 0 heterocycles. The van der Waals surface area contributed by atoms with Crippen LogP contribution in [-0.2, 0) is 4.74 Å². The van der Waals surface area contributed by atoms with Gasteiger partial charge in [-0.2, -0.15) is 0 Å². The molecule has 3 N–H and O–H groups in total. The molecule has 1 aromatic carbocycles. The zero-order valence-corrected chi connectivity index (χ0v) is 9.10. The molecule has 15 heavy (non-hydrogen) atoms. The van der Waals surface area contributed by atoms with Gasteiger partial charge in [0.25, 0.3) is 0 Å². The minimum atomic E-state index is -0.474. The highest BCUT2D eigenvalue weighted by molar-refractivity contribution is 5.17. The fourth-order valence-corrected chi connectivity index (χ4v) is 1.49. The Morgan fingerprint density at radius 1 is 1.33 bits per heavy atom. The van der Waals surface area contributed by atoms with E-state index in [1.807, 2.05) is 30.3 Å². The molecule has 0 bridgehead atoms. The van der Waals surface area contributed by atoms with Crippen molar-refractivity contribution in [3.63, 3.8) is 0 Å². The van der Waals surface area contributed by atoms with Gasteiger partial charge < -0.3 is 15.6 Å². The molecule has 3 nitrogen and oxygen atoms in total. The lowest BCUT2D eigenvalue weighted by Gasteiger charge is -2.16. The Morgan fingerprint density at radius 3 is 2.60 bits per heavy atom. The van der Waals surface area contributed by atoms with Crippen molar-refractivity contribution in [1.82, 2.24) is 0 Å². The van der Waals surface area contributed by atoms with Crippen molar-refractivity contribution in [3.8, 4) is 0 Å². The van der Waals surface area contributed by atoms with E-state index >= 15 is 0 Å². The maximum Gasteiger partial charge on any atom is 0.0804 e. The fraction of sp³-hybridized carbons (Fsp3) is 0.500. The van der Waals surface area contributed by atoms with Gasteiger partial charge in [-0.15, -0.1) is 0 Å². The zero-order chi connectivity index (χ0) is 11.1. The normalized spacial score (nSPS) is 14.9. The number of rotatable bonds is 6. The van der Waals surface area contributed by atoms with Gasteiger partial charge in [-0.25, -0.2) is 0 Å². The summed E-state index contributed by atoms with van der Waals surface area (Å²) in [5, 5.41) is 9.87. The highest BCUT2D eigenvalue weighted by atomic mass is 16.5. The van der Waals surface area contributed by atoms with Crippen molar-refractivity contribution >= 4 is 0 Å². The molecule has 0 saturated carbocycles. The fourth-order valence-electron chi connectivity index (χ4n) is 1.49. The smallest absolute Gasteiger partial charge is 0.0804 e. The van der Waals surface area contributed by atoms with E-state index in [-0.39, 0.29) is 6.04 Å². The summed E-state index contributed by atoms with van der Waals surface area (Å²) in [5.41, 5.74) is 6.78. The first-order chi connectivity index (χ1) is 7.24. The van der Waals surface area contributed by atoms with Gasteiger partial charge >= 0.3 is 0 Å². The number of ether oxygens (including phenoxy) is 1. The number of aliphatic hydroxyl groups excluding tert-OH is 1. The van der Waals surface area contributed by atoms with Crippen LogP contribution in [0, 0.1) is 0 Å². The molecule has 0 amide bonds. The van der Waals surface area contributed by atoms with E-state index in [0.717, 1.165) is 12.0 Å². The lowest BCUT2D eigenvalue weighted by atomic mass is 10.0. The highest BCUT2D eigenvalue weighted by Gasteiger charge is 2.11. The molecule has 2 unspecified atom stereocenters. The third-order valence-electron chi connectivity index (χ3n) is 2.40. The summed E-state index contributed by atoms with van der Waals surface area (Å²) in [6.45, 7) is 0.642. The van der Waals surface area contributed by atoms with Crippen LogP contribution in [0.5, 0.6) is 0 Å². The SMILES string of the molecule is COCCC(N)CC(O)c1ccccc1. The Balaban J connectivity index is 2.38. The third kappa shape index (κ3) is 4.42. The Morgan fingerprint density at radius 2 is 2.00 bits per heavy atom. The largest absolute Gasteiger partial charge is 0.388 e. The Bertz CT molecular complexity index is 264. The van der Waals surface area contributed by atoms with Gasteiger partial charge in [-0.1, -0.05) is 30.3 Å². The van der Waals surface area contributed by atoms with E-state index in [1.165, 1.54) is 0 Å². The minimum absolute atomic E-state index is 0.0137. The van der Waals surface area contributed by atoms with Gasteiger partial charge in [0.2, 0.25) is 0 Å². The lowest BCUT2D eigenvalue weighted by Crippen LogP contribution is -2.24. The molecule has 84 valence electrons. The predicted octanol–water partition coefficient (Wildman–Crippen LogP) is 1.47. The Hall–Kier alpha value is -0.900. The molecule has 1 aromatic rings. The van der Waals surface area contributed by atoms with E-state index in [0.29, 0.717) is 13.0 Å². The lowest BCUT2D eigenvalue weighted by molar-refractivity contribution is 0.141. The molecule has 1 rings (SSSR count). The first kappa shape index (κ1) is 12.2. The highest BCUT2D eigenvalue weighted by Crippen LogP contribution is 2.17. The minimum Gasteiger partial charge on any atom is -0.388 e. The molecule has 0 spiro atoms. The maximum absolute atomic E-state index is 9.87. The number of methoxy groups -OCH3 is 1. The molecule has 3 heteroatoms. The van der Waals surface area contributed by atoms with Crippen LogP contribution in [0.4, 0.5) is 0 Å². The number of hydrogen-bond acceptors (Lipinski definition) is 3. The van der Waals surface area contributed by atoms with Crippen molar-refractivity contribution < 1.29 is 9.84 Å². The predicted molar refractivity (Wildman–Crippen MR) is 60.5 cm³/mol. The average Bonchev–Trinajstić information content (AvgIpc) is 2.27. The molecule has 0 saturated heterocycles. The van der Waals surface area contributed by atoms with Crippen molar-refractivity contribution in [1.29, 1.82) is 0 Å². The summed E-state index contributed by atoms with van der Waals surface area (Å²) in [4.78, 5) is 0. The van der Waals surface area contributed by atoms with Gasteiger partial charge in [-0.05, 0) is 18.4 Å². The summed E-state index contributed by atoms with van der Waals surface area (Å²) in [5.74, 6) is 0. The molecule has 0 aliphatic rings. The summed E-state index contributed by atoms with van der Waals surface area (Å²) in [6, 6.07) is 9.57. The third-order valence-corrected chi connectivity index (χ3v) is 2.40. The second-order valence-electron chi connectivity index (χ2n) is 3.70. The van der Waals surface area contributed by atoms with Crippen molar-refractivity contribution in [2.24, 2.45) is 5.73 Å². The van der Waals surface area contributed by atoms with Crippen LogP contribution in [0.1, 0.15) is 24.5 Å². The van der Waals surface area contributed by atoms with Crippen LogP contribution in [0.2, 0.25) is 0 Å². The maximum atomic E-state index is 9.87. The second-order valence-corrected chi connectivity index (χ2v) is 3.70. The first-order valence-corrected chi connectivity index (χ1v) is 5.21. The van der Waals surface area contributed by atoms with E-state index in [4.69, 9.17) is 10.5 Å². The number of nitrogens with two attached hydrogens (primary N) is 1. The van der Waals surface area contributed by atoms with Gasteiger partial charge in [0.15, 0.2) is 0 Å². The second kappa shape index (κ2) is 6.56. The molecule has 0 aromatic heterocycles. The molecule has 2 atom stereocenters. The molecular formula is C12H19NO2. The molecule has 0 aliphatic heterocycles. The first-order valence-electron chi connectivity index (χ1n) is 5.21. The molecule has 0 aliphatic carbocycles. The summed E-state index contributed by atoms with van der Waals surface area (Å²) in [7, 11) is 1.65. The van der Waals surface area contributed by atoms with E-state index < -0.39 is 6.10 Å². The molecule has 0 fully saturated rings. The van der Waals surface area contributed by atoms with E-state index in [2.05, 4.69) is 0 Å². The quantitative estimate of drug-likeness (QED) is 0.746. The van der Waals surface area contributed by atoms with Gasteiger partial charge in [0, 0.05) is 19.8 Å². The standard InChI is InChI=1S/C12H19NO2/c1-15-8-7-11(13)9-12(14)10-5-3-2-4-6-10/h2-6,11-12,14H,7-9,13H2,1H3. The molecular weight excluding hydrogens is 190 g/mol. The number of benzene rings is 1. The summed E-state index contributed by atoms with van der Waals surface area (Å²) < 4.78 is 4.94. The summed E-state index contributed by atoms with van der Waals surface area (Å²) in [6.07, 6.45) is 0.881. The Labute approximate surface area is 90.9 Å². The van der Waals surface area contributed by atoms with Crippen LogP contribution < -0.4 is 5.73 Å². The van der Waals surface area contributed by atoms with Crippen LogP contribution in [0.3, 0.4) is 0 Å². The van der Waals surface area contributed by atoms with Gasteiger partial charge in [0.05, 0.1) is 6.10 Å². The van der Waals surface area contributed by atoms with Crippen LogP contribution in [0.15, 0.2) is 30.3 Å². The van der Waals surface area contributed by atoms with Gasteiger partial charge in [-0.3, -0.25) is 0 Å². The van der Waals surface area contributed by atoms with Crippen molar-refractivity contribution in [3.05, 3.63) is 35.9 Å². The number of aliphatic hydroxyl groups is 1. The average molecular weight is 209 g/mol. The number of hydrogen-bond donors (Lipinski definition) is 2. The van der Waals surface area contributed by atoms with Crippen molar-refractivity contribution in [2.75, 3.05) is 13.7 Å². The van der Waals surface area contributed by atoms with Crippen molar-refractivity contribution in [2.45, 2.75) is 25.0 Å². The molecule has 0 radical (unpaired) electrons. The van der Waals surface area contributed by atoms with Crippen LogP contribution in [-0.4, -0.2) is 24.9 Å². The Kier molecular flexibility index (Phi) is 5.32. The van der Waals surface area contributed by atoms with E-state index in [9.17, 15) is 5.11 Å². The van der Waals surface area contributed by atoms with Crippen LogP contribution in [0.25, 0.3) is 0 Å². The van der Waals surface area contributed by atoms with Gasteiger partial charge in [0.1, 0.15) is 0 Å².